The monoisotopic (exact) mass is 425 g/mol. The van der Waals surface area contributed by atoms with Gasteiger partial charge in [0.25, 0.3) is 0 Å². The Labute approximate surface area is 165 Å². The van der Waals surface area contributed by atoms with E-state index in [1.54, 1.807) is 7.11 Å². The van der Waals surface area contributed by atoms with E-state index in [9.17, 15) is 16.8 Å². The summed E-state index contributed by atoms with van der Waals surface area (Å²) in [6, 6.07) is 13.4. The molecule has 28 heavy (non-hydrogen) atoms. The van der Waals surface area contributed by atoms with Crippen molar-refractivity contribution in [2.45, 2.75) is 4.90 Å². The molecule has 1 aliphatic heterocycles. The molecule has 2 aromatic rings. The van der Waals surface area contributed by atoms with Gasteiger partial charge in [0.05, 0.1) is 23.9 Å². The van der Waals surface area contributed by atoms with Crippen LogP contribution in [-0.2, 0) is 20.0 Å². The molecule has 1 saturated heterocycles. The van der Waals surface area contributed by atoms with Gasteiger partial charge in [0.2, 0.25) is 20.0 Å². The van der Waals surface area contributed by atoms with E-state index in [2.05, 4.69) is 9.62 Å². The first-order valence-corrected chi connectivity index (χ1v) is 12.0. The van der Waals surface area contributed by atoms with Crippen LogP contribution in [0, 0.1) is 0 Å². The molecule has 8 nitrogen and oxygen atoms in total. The molecule has 152 valence electrons. The molecule has 0 radical (unpaired) electrons. The Kier molecular flexibility index (Phi) is 5.82. The Bertz CT molecular complexity index is 1030. The van der Waals surface area contributed by atoms with Crippen LogP contribution >= 0.6 is 0 Å². The van der Waals surface area contributed by atoms with Crippen molar-refractivity contribution >= 4 is 31.4 Å². The van der Waals surface area contributed by atoms with Gasteiger partial charge in [-0.3, -0.25) is 4.72 Å². The molecule has 0 unspecified atom stereocenters. The molecule has 1 heterocycles. The number of ether oxygens (including phenoxy) is 1. The zero-order valence-corrected chi connectivity index (χ0v) is 17.3. The summed E-state index contributed by atoms with van der Waals surface area (Å²) >= 11 is 0. The normalized spacial score (nSPS) is 16.0. The van der Waals surface area contributed by atoms with Crippen molar-refractivity contribution < 1.29 is 21.6 Å². The highest BCUT2D eigenvalue weighted by atomic mass is 32.2. The lowest BCUT2D eigenvalue weighted by molar-refractivity contribution is 0.378. The van der Waals surface area contributed by atoms with Gasteiger partial charge in [-0.25, -0.2) is 16.8 Å². The van der Waals surface area contributed by atoms with Crippen LogP contribution in [0.2, 0.25) is 0 Å². The number of anilines is 2. The molecule has 0 amide bonds. The fourth-order valence-electron chi connectivity index (χ4n) is 3.12. The number of hydrogen-bond acceptors (Lipinski definition) is 6. The largest absolute Gasteiger partial charge is 0.495 e. The number of piperazine rings is 1. The summed E-state index contributed by atoms with van der Waals surface area (Å²) in [5, 5.41) is 0. The van der Waals surface area contributed by atoms with Gasteiger partial charge in [-0.1, -0.05) is 12.1 Å². The highest BCUT2D eigenvalue weighted by molar-refractivity contribution is 7.92. The quantitative estimate of drug-likeness (QED) is 0.755. The second-order valence-electron chi connectivity index (χ2n) is 6.46. The first kappa shape index (κ1) is 20.4. The van der Waals surface area contributed by atoms with Gasteiger partial charge in [0.15, 0.2) is 0 Å². The second kappa shape index (κ2) is 7.98. The average molecular weight is 426 g/mol. The Morgan fingerprint density at radius 1 is 0.893 bits per heavy atom. The molecule has 0 aromatic heterocycles. The van der Waals surface area contributed by atoms with Crippen LogP contribution in [0.3, 0.4) is 0 Å². The van der Waals surface area contributed by atoms with E-state index >= 15 is 0 Å². The van der Waals surface area contributed by atoms with Crippen LogP contribution in [0.1, 0.15) is 0 Å². The van der Waals surface area contributed by atoms with Crippen LogP contribution in [0.15, 0.2) is 53.4 Å². The SMILES string of the molecule is COc1ccccc1N1CCN(S(=O)(=O)c2ccc(NS(C)(=O)=O)cc2)CC1. The average Bonchev–Trinajstić information content (AvgIpc) is 2.67. The van der Waals surface area contributed by atoms with Crippen molar-refractivity contribution in [1.29, 1.82) is 0 Å². The van der Waals surface area contributed by atoms with Crippen molar-refractivity contribution in [2.75, 3.05) is 49.2 Å². The van der Waals surface area contributed by atoms with E-state index in [1.165, 1.54) is 28.6 Å². The molecule has 1 N–H and O–H groups in total. The van der Waals surface area contributed by atoms with Crippen LogP contribution < -0.4 is 14.4 Å². The molecule has 1 aliphatic rings. The summed E-state index contributed by atoms with van der Waals surface area (Å²) in [7, 11) is -5.44. The summed E-state index contributed by atoms with van der Waals surface area (Å²) in [5.74, 6) is 0.757. The molecule has 0 atom stereocenters. The van der Waals surface area contributed by atoms with Crippen molar-refractivity contribution in [3.8, 4) is 5.75 Å². The number of nitrogens with one attached hydrogen (secondary N) is 1. The third-order valence-electron chi connectivity index (χ3n) is 4.46. The first-order chi connectivity index (χ1) is 13.2. The summed E-state index contributed by atoms with van der Waals surface area (Å²) < 4.78 is 57.5. The van der Waals surface area contributed by atoms with Gasteiger partial charge >= 0.3 is 0 Å². The minimum Gasteiger partial charge on any atom is -0.495 e. The molecule has 10 heteroatoms. The topological polar surface area (TPSA) is 96.0 Å². The van der Waals surface area contributed by atoms with E-state index in [0.29, 0.717) is 31.9 Å². The van der Waals surface area contributed by atoms with Gasteiger partial charge < -0.3 is 9.64 Å². The molecule has 0 aliphatic carbocycles. The summed E-state index contributed by atoms with van der Waals surface area (Å²) in [4.78, 5) is 2.24. The lowest BCUT2D eigenvalue weighted by Gasteiger charge is -2.35. The van der Waals surface area contributed by atoms with Crippen LogP contribution in [0.25, 0.3) is 0 Å². The number of nitrogens with zero attached hydrogens (tertiary/aromatic N) is 2. The fourth-order valence-corrected chi connectivity index (χ4v) is 5.10. The fraction of sp³-hybridized carbons (Fsp3) is 0.333. The molecular weight excluding hydrogens is 402 g/mol. The Morgan fingerprint density at radius 2 is 1.50 bits per heavy atom. The van der Waals surface area contributed by atoms with Gasteiger partial charge in [-0.2, -0.15) is 4.31 Å². The highest BCUT2D eigenvalue weighted by Crippen LogP contribution is 2.29. The molecule has 1 fully saturated rings. The van der Waals surface area contributed by atoms with E-state index in [0.717, 1.165) is 17.7 Å². The summed E-state index contributed by atoms with van der Waals surface area (Å²) in [6.45, 7) is 1.80. The number of sulfonamides is 2. The maximum Gasteiger partial charge on any atom is 0.243 e. The van der Waals surface area contributed by atoms with Gasteiger partial charge in [0, 0.05) is 31.9 Å². The third kappa shape index (κ3) is 4.57. The molecule has 2 aromatic carbocycles. The summed E-state index contributed by atoms with van der Waals surface area (Å²) in [6.07, 6.45) is 1.04. The highest BCUT2D eigenvalue weighted by Gasteiger charge is 2.29. The first-order valence-electron chi connectivity index (χ1n) is 8.67. The van der Waals surface area contributed by atoms with Gasteiger partial charge in [0.1, 0.15) is 5.75 Å². The Morgan fingerprint density at radius 3 is 2.07 bits per heavy atom. The molecule has 0 spiro atoms. The van der Waals surface area contributed by atoms with E-state index in [-0.39, 0.29) is 4.90 Å². The number of para-hydroxylation sites is 2. The number of hydrogen-bond donors (Lipinski definition) is 1. The molecule has 0 bridgehead atoms. The van der Waals surface area contributed by atoms with E-state index in [1.807, 2.05) is 24.3 Å². The zero-order valence-electron chi connectivity index (χ0n) is 15.7. The van der Waals surface area contributed by atoms with E-state index in [4.69, 9.17) is 4.74 Å². The maximum atomic E-state index is 12.9. The Hall–Kier alpha value is -2.30. The predicted octanol–water partition coefficient (Wildman–Crippen LogP) is 1.58. The minimum absolute atomic E-state index is 0.136. The van der Waals surface area contributed by atoms with Crippen molar-refractivity contribution in [1.82, 2.24) is 4.31 Å². The lowest BCUT2D eigenvalue weighted by Crippen LogP contribution is -2.48. The summed E-state index contributed by atoms with van der Waals surface area (Å²) in [5.41, 5.74) is 1.26. The van der Waals surface area contributed by atoms with Crippen LogP contribution in [-0.4, -0.2) is 60.7 Å². The van der Waals surface area contributed by atoms with Crippen LogP contribution in [0.5, 0.6) is 5.75 Å². The Balaban J connectivity index is 1.71. The number of benzene rings is 2. The van der Waals surface area contributed by atoms with Gasteiger partial charge in [-0.15, -0.1) is 0 Å². The minimum atomic E-state index is -3.65. The smallest absolute Gasteiger partial charge is 0.243 e. The molecule has 3 rings (SSSR count). The van der Waals surface area contributed by atoms with Crippen molar-refractivity contribution in [3.63, 3.8) is 0 Å². The van der Waals surface area contributed by atoms with Crippen LogP contribution in [0.4, 0.5) is 11.4 Å². The molecule has 0 saturated carbocycles. The lowest BCUT2D eigenvalue weighted by atomic mass is 10.2. The van der Waals surface area contributed by atoms with Crippen molar-refractivity contribution in [3.05, 3.63) is 48.5 Å². The second-order valence-corrected chi connectivity index (χ2v) is 10.1. The standard InChI is InChI=1S/C18H23N3O5S2/c1-26-18-6-4-3-5-17(18)20-11-13-21(14-12-20)28(24,25)16-9-7-15(8-10-16)19-27(2,22)23/h3-10,19H,11-14H2,1-2H3. The van der Waals surface area contributed by atoms with Crippen molar-refractivity contribution in [2.24, 2.45) is 0 Å². The zero-order chi connectivity index (χ0) is 20.4. The van der Waals surface area contributed by atoms with E-state index < -0.39 is 20.0 Å². The third-order valence-corrected chi connectivity index (χ3v) is 6.98. The molecular formula is C18H23N3O5S2. The van der Waals surface area contributed by atoms with Gasteiger partial charge in [-0.05, 0) is 36.4 Å². The number of methoxy groups -OCH3 is 1. The predicted molar refractivity (Wildman–Crippen MR) is 109 cm³/mol. The maximum absolute atomic E-state index is 12.9. The number of rotatable bonds is 6.